The second-order valence-corrected chi connectivity index (χ2v) is 4.60. The Balaban J connectivity index is 2.49. The first-order valence-electron chi connectivity index (χ1n) is 6.49. The van der Waals surface area contributed by atoms with Crippen molar-refractivity contribution in [2.24, 2.45) is 0 Å². The van der Waals surface area contributed by atoms with Gasteiger partial charge in [-0.1, -0.05) is 25.1 Å². The smallest absolute Gasteiger partial charge is 0.195 e. The number of nitrogens with one attached hydrogen (secondary N) is 1. The molecule has 2 aromatic rings. The summed E-state index contributed by atoms with van der Waals surface area (Å²) in [4.78, 5) is 0. The zero-order valence-electron chi connectivity index (χ0n) is 11.4. The molecule has 0 aliphatic rings. The number of hydrogen-bond acceptors (Lipinski definition) is 1. The Morgan fingerprint density at radius 2 is 1.80 bits per heavy atom. The second kappa shape index (κ2) is 6.09. The van der Waals surface area contributed by atoms with Gasteiger partial charge in [-0.2, -0.15) is 0 Å². The average molecular weight is 279 g/mol. The maximum Gasteiger partial charge on any atom is 0.195 e. The van der Waals surface area contributed by atoms with Crippen LogP contribution < -0.4 is 5.32 Å². The van der Waals surface area contributed by atoms with Crippen LogP contribution in [0.4, 0.5) is 13.2 Å². The van der Waals surface area contributed by atoms with Crippen molar-refractivity contribution in [1.82, 2.24) is 5.32 Å². The lowest BCUT2D eigenvalue weighted by Gasteiger charge is -2.15. The minimum absolute atomic E-state index is 0.0664. The molecular weight excluding hydrogens is 263 g/mol. The first-order valence-corrected chi connectivity index (χ1v) is 6.49. The van der Waals surface area contributed by atoms with Gasteiger partial charge in [0.1, 0.15) is 0 Å². The van der Waals surface area contributed by atoms with Gasteiger partial charge in [-0.05, 0) is 42.8 Å². The van der Waals surface area contributed by atoms with E-state index in [0.29, 0.717) is 5.56 Å². The van der Waals surface area contributed by atoms with Gasteiger partial charge in [0.25, 0.3) is 0 Å². The van der Waals surface area contributed by atoms with E-state index in [2.05, 4.69) is 5.32 Å². The van der Waals surface area contributed by atoms with E-state index >= 15 is 0 Å². The van der Waals surface area contributed by atoms with Gasteiger partial charge in [0, 0.05) is 11.6 Å². The predicted molar refractivity (Wildman–Crippen MR) is 73.8 cm³/mol. The molecule has 4 heteroatoms. The minimum Gasteiger partial charge on any atom is -0.313 e. The van der Waals surface area contributed by atoms with Gasteiger partial charge in [-0.25, -0.2) is 13.2 Å². The summed E-state index contributed by atoms with van der Waals surface area (Å²) in [7, 11) is 1.85. The Bertz CT molecular complexity index is 607. The lowest BCUT2D eigenvalue weighted by atomic mass is 9.98. The minimum atomic E-state index is -1.44. The largest absolute Gasteiger partial charge is 0.313 e. The fourth-order valence-corrected chi connectivity index (χ4v) is 2.28. The summed E-state index contributed by atoms with van der Waals surface area (Å²) in [6, 6.07) is 9.52. The van der Waals surface area contributed by atoms with E-state index in [1.807, 2.05) is 20.0 Å². The van der Waals surface area contributed by atoms with Gasteiger partial charge < -0.3 is 5.32 Å². The molecule has 0 saturated carbocycles. The Morgan fingerprint density at radius 1 is 1.05 bits per heavy atom. The Hall–Kier alpha value is -1.81. The summed E-state index contributed by atoms with van der Waals surface area (Å²) in [5.74, 6) is -3.77. The summed E-state index contributed by atoms with van der Waals surface area (Å²) < 4.78 is 40.1. The van der Waals surface area contributed by atoms with E-state index in [-0.39, 0.29) is 11.6 Å². The molecule has 1 unspecified atom stereocenters. The maximum absolute atomic E-state index is 13.8. The highest BCUT2D eigenvalue weighted by atomic mass is 19.2. The summed E-state index contributed by atoms with van der Waals surface area (Å²) in [5.41, 5.74) is 1.58. The molecule has 0 bridgehead atoms. The molecule has 0 aliphatic carbocycles. The van der Waals surface area contributed by atoms with E-state index in [4.69, 9.17) is 0 Å². The van der Waals surface area contributed by atoms with Crippen molar-refractivity contribution < 1.29 is 13.2 Å². The van der Waals surface area contributed by atoms with Crippen LogP contribution in [0, 0.1) is 17.5 Å². The van der Waals surface area contributed by atoms with Crippen molar-refractivity contribution in [2.75, 3.05) is 7.05 Å². The first-order chi connectivity index (χ1) is 9.58. The number of halogens is 3. The van der Waals surface area contributed by atoms with Crippen molar-refractivity contribution in [1.29, 1.82) is 0 Å². The Kier molecular flexibility index (Phi) is 4.45. The van der Waals surface area contributed by atoms with Crippen LogP contribution in [0.3, 0.4) is 0 Å². The molecule has 2 aromatic carbocycles. The van der Waals surface area contributed by atoms with Gasteiger partial charge in [0.05, 0.1) is 0 Å². The summed E-state index contributed by atoms with van der Waals surface area (Å²) in [5, 5.41) is 3.15. The van der Waals surface area contributed by atoms with Crippen molar-refractivity contribution in [2.45, 2.75) is 19.4 Å². The van der Waals surface area contributed by atoms with Crippen LogP contribution in [0.5, 0.6) is 0 Å². The molecule has 20 heavy (non-hydrogen) atoms. The molecule has 0 heterocycles. The fraction of sp³-hybridized carbons (Fsp3) is 0.250. The molecule has 0 aromatic heterocycles. The first kappa shape index (κ1) is 14.6. The van der Waals surface area contributed by atoms with Gasteiger partial charge >= 0.3 is 0 Å². The van der Waals surface area contributed by atoms with E-state index < -0.39 is 17.5 Å². The molecule has 2 rings (SSSR count). The molecule has 0 aliphatic heterocycles. The lowest BCUT2D eigenvalue weighted by molar-refractivity contribution is 0.449. The number of hydrogen-bond donors (Lipinski definition) is 1. The molecule has 0 amide bonds. The van der Waals surface area contributed by atoms with Crippen LogP contribution >= 0.6 is 0 Å². The van der Waals surface area contributed by atoms with Crippen LogP contribution in [-0.4, -0.2) is 7.05 Å². The molecule has 0 fully saturated rings. The highest BCUT2D eigenvalue weighted by Gasteiger charge is 2.15. The third kappa shape index (κ3) is 2.70. The van der Waals surface area contributed by atoms with Gasteiger partial charge in [0.2, 0.25) is 0 Å². The standard InChI is InChI=1S/C16H16F3N/c1-3-14(20-2)11-6-4-5-10(9-11)12-7-8-13(17)16(19)15(12)18/h4-9,14,20H,3H2,1-2H3. The van der Waals surface area contributed by atoms with Gasteiger partial charge in [-0.3, -0.25) is 0 Å². The van der Waals surface area contributed by atoms with E-state index in [0.717, 1.165) is 18.1 Å². The van der Waals surface area contributed by atoms with Crippen LogP contribution in [0.2, 0.25) is 0 Å². The second-order valence-electron chi connectivity index (χ2n) is 4.60. The normalized spacial score (nSPS) is 12.4. The highest BCUT2D eigenvalue weighted by Crippen LogP contribution is 2.28. The molecule has 0 radical (unpaired) electrons. The average Bonchev–Trinajstić information content (AvgIpc) is 2.47. The highest BCUT2D eigenvalue weighted by molar-refractivity contribution is 5.65. The summed E-state index contributed by atoms with van der Waals surface area (Å²) >= 11 is 0. The topological polar surface area (TPSA) is 12.0 Å². The van der Waals surface area contributed by atoms with Gasteiger partial charge in [-0.15, -0.1) is 0 Å². The number of benzene rings is 2. The number of rotatable bonds is 4. The van der Waals surface area contributed by atoms with Crippen molar-refractivity contribution in [3.63, 3.8) is 0 Å². The van der Waals surface area contributed by atoms with Crippen molar-refractivity contribution in [3.05, 3.63) is 59.4 Å². The molecule has 1 N–H and O–H groups in total. The fourth-order valence-electron chi connectivity index (χ4n) is 2.28. The molecular formula is C16H16F3N. The zero-order chi connectivity index (χ0) is 14.7. The lowest BCUT2D eigenvalue weighted by Crippen LogP contribution is -2.15. The van der Waals surface area contributed by atoms with Crippen LogP contribution in [0.15, 0.2) is 36.4 Å². The Morgan fingerprint density at radius 3 is 2.45 bits per heavy atom. The van der Waals surface area contributed by atoms with Crippen molar-refractivity contribution >= 4 is 0 Å². The molecule has 1 nitrogen and oxygen atoms in total. The van der Waals surface area contributed by atoms with Crippen LogP contribution in [0.1, 0.15) is 24.9 Å². The quantitative estimate of drug-likeness (QED) is 0.816. The van der Waals surface area contributed by atoms with E-state index in [9.17, 15) is 13.2 Å². The Labute approximate surface area is 116 Å². The van der Waals surface area contributed by atoms with Crippen molar-refractivity contribution in [3.8, 4) is 11.1 Å². The third-order valence-electron chi connectivity index (χ3n) is 3.39. The molecule has 0 spiro atoms. The zero-order valence-corrected chi connectivity index (χ0v) is 11.4. The SMILES string of the molecule is CCC(NC)c1cccc(-c2ccc(F)c(F)c2F)c1. The summed E-state index contributed by atoms with van der Waals surface area (Å²) in [6.45, 7) is 2.03. The third-order valence-corrected chi connectivity index (χ3v) is 3.39. The van der Waals surface area contributed by atoms with Gasteiger partial charge in [0.15, 0.2) is 17.5 Å². The van der Waals surface area contributed by atoms with E-state index in [1.165, 1.54) is 6.07 Å². The van der Waals surface area contributed by atoms with E-state index in [1.54, 1.807) is 18.2 Å². The molecule has 1 atom stereocenters. The van der Waals surface area contributed by atoms with Crippen LogP contribution in [0.25, 0.3) is 11.1 Å². The monoisotopic (exact) mass is 279 g/mol. The van der Waals surface area contributed by atoms with Crippen LogP contribution in [-0.2, 0) is 0 Å². The molecule has 0 saturated heterocycles. The molecule has 106 valence electrons. The summed E-state index contributed by atoms with van der Waals surface area (Å²) in [6.07, 6.45) is 0.875. The predicted octanol–water partition coefficient (Wildman–Crippen LogP) is 4.44. The maximum atomic E-state index is 13.8.